The third-order valence-electron chi connectivity index (χ3n) is 2.08. The van der Waals surface area contributed by atoms with Crippen molar-refractivity contribution >= 4 is 38.9 Å². The first kappa shape index (κ1) is 16.5. The highest BCUT2D eigenvalue weighted by Crippen LogP contribution is 2.30. The van der Waals surface area contributed by atoms with Crippen molar-refractivity contribution in [3.8, 4) is 0 Å². The Hall–Kier alpha value is -0.570. The molecule has 9 heteroatoms. The molecule has 0 saturated carbocycles. The summed E-state index contributed by atoms with van der Waals surface area (Å²) in [7, 11) is -3.83. The maximum atomic E-state index is 12.0. The van der Waals surface area contributed by atoms with E-state index >= 15 is 0 Å². The minimum absolute atomic E-state index is 0.0266. The standard InChI is InChI=1S/C10H14Cl2N2O4S/c11-7-5-8(12)10(9(13)6-7)19(16,17)14-1-3-18-4-2-15/h5-6,14-15H,1-4,13H2. The van der Waals surface area contributed by atoms with Gasteiger partial charge in [0.15, 0.2) is 0 Å². The number of aliphatic hydroxyl groups excluding tert-OH is 1. The van der Waals surface area contributed by atoms with Crippen LogP contribution in [0.5, 0.6) is 0 Å². The quantitative estimate of drug-likeness (QED) is 0.509. The summed E-state index contributed by atoms with van der Waals surface area (Å²) in [6.07, 6.45) is 0. The second-order valence-electron chi connectivity index (χ2n) is 3.54. The Morgan fingerprint density at radius 1 is 1.32 bits per heavy atom. The third kappa shape index (κ3) is 4.79. The van der Waals surface area contributed by atoms with Crippen molar-refractivity contribution in [2.45, 2.75) is 4.90 Å². The molecule has 1 aromatic carbocycles. The first-order chi connectivity index (χ1) is 8.88. The van der Waals surface area contributed by atoms with E-state index in [1.165, 1.54) is 12.1 Å². The largest absolute Gasteiger partial charge is 0.398 e. The molecule has 0 heterocycles. The van der Waals surface area contributed by atoms with Gasteiger partial charge in [-0.1, -0.05) is 23.2 Å². The van der Waals surface area contributed by atoms with Crippen molar-refractivity contribution in [2.75, 3.05) is 32.1 Å². The summed E-state index contributed by atoms with van der Waals surface area (Å²) >= 11 is 11.5. The number of benzene rings is 1. The molecule has 0 bridgehead atoms. The van der Waals surface area contributed by atoms with Crippen LogP contribution in [0.2, 0.25) is 10.0 Å². The van der Waals surface area contributed by atoms with Gasteiger partial charge in [-0.15, -0.1) is 0 Å². The van der Waals surface area contributed by atoms with Crippen LogP contribution in [0.1, 0.15) is 0 Å². The molecule has 0 aromatic heterocycles. The van der Waals surface area contributed by atoms with Gasteiger partial charge in [-0.25, -0.2) is 13.1 Å². The molecule has 0 aliphatic rings. The van der Waals surface area contributed by atoms with Gasteiger partial charge in [0.25, 0.3) is 0 Å². The predicted molar refractivity (Wildman–Crippen MR) is 74.0 cm³/mol. The summed E-state index contributed by atoms with van der Waals surface area (Å²) in [4.78, 5) is -0.208. The van der Waals surface area contributed by atoms with Gasteiger partial charge in [-0.05, 0) is 12.1 Å². The van der Waals surface area contributed by atoms with E-state index < -0.39 is 10.0 Å². The molecule has 0 spiro atoms. The predicted octanol–water partition coefficient (Wildman–Crippen LogP) is 0.863. The van der Waals surface area contributed by atoms with E-state index in [1.807, 2.05) is 0 Å². The van der Waals surface area contributed by atoms with Crippen molar-refractivity contribution in [2.24, 2.45) is 0 Å². The number of ether oxygens (including phenoxy) is 1. The van der Waals surface area contributed by atoms with Crippen molar-refractivity contribution in [1.82, 2.24) is 4.72 Å². The zero-order chi connectivity index (χ0) is 14.5. The lowest BCUT2D eigenvalue weighted by Gasteiger charge is -2.11. The summed E-state index contributed by atoms with van der Waals surface area (Å²) < 4.78 is 31.2. The van der Waals surface area contributed by atoms with E-state index in [4.69, 9.17) is 38.8 Å². The van der Waals surface area contributed by atoms with Gasteiger partial charge in [-0.3, -0.25) is 0 Å². The fourth-order valence-electron chi connectivity index (χ4n) is 1.35. The number of nitrogen functional groups attached to an aromatic ring is 1. The second kappa shape index (κ2) is 7.28. The Morgan fingerprint density at radius 2 is 2.00 bits per heavy atom. The lowest BCUT2D eigenvalue weighted by molar-refractivity contribution is 0.0961. The number of sulfonamides is 1. The first-order valence-electron chi connectivity index (χ1n) is 5.31. The smallest absolute Gasteiger partial charge is 0.244 e. The summed E-state index contributed by atoms with van der Waals surface area (Å²) in [5, 5.41) is 8.70. The second-order valence-corrected chi connectivity index (χ2v) is 6.09. The SMILES string of the molecule is Nc1cc(Cl)cc(Cl)c1S(=O)(=O)NCCOCCO. The van der Waals surface area contributed by atoms with Crippen LogP contribution in [0.4, 0.5) is 5.69 Å². The lowest BCUT2D eigenvalue weighted by atomic mass is 10.3. The molecule has 0 amide bonds. The van der Waals surface area contributed by atoms with Crippen LogP contribution in [0, 0.1) is 0 Å². The summed E-state index contributed by atoms with van der Waals surface area (Å²) in [6, 6.07) is 2.61. The number of anilines is 1. The molecule has 0 saturated heterocycles. The molecule has 1 rings (SSSR count). The van der Waals surface area contributed by atoms with Gasteiger partial charge in [0.2, 0.25) is 10.0 Å². The fourth-order valence-corrected chi connectivity index (χ4v) is 3.35. The highest BCUT2D eigenvalue weighted by Gasteiger charge is 2.21. The van der Waals surface area contributed by atoms with Crippen LogP contribution in [0.25, 0.3) is 0 Å². The molecule has 0 aliphatic carbocycles. The number of nitrogens with one attached hydrogen (secondary N) is 1. The molecule has 0 unspecified atom stereocenters. The van der Waals surface area contributed by atoms with Crippen LogP contribution in [0.3, 0.4) is 0 Å². The van der Waals surface area contributed by atoms with E-state index in [0.717, 1.165) is 0 Å². The molecule has 4 N–H and O–H groups in total. The third-order valence-corrected chi connectivity index (χ3v) is 4.29. The molecular weight excluding hydrogens is 315 g/mol. The van der Waals surface area contributed by atoms with Crippen LogP contribution < -0.4 is 10.5 Å². The van der Waals surface area contributed by atoms with Gasteiger partial charge in [0.05, 0.1) is 30.5 Å². The molecule has 0 aliphatic heterocycles. The van der Waals surface area contributed by atoms with Crippen LogP contribution >= 0.6 is 23.2 Å². The molecule has 0 radical (unpaired) electrons. The van der Waals surface area contributed by atoms with Crippen molar-refractivity contribution in [3.63, 3.8) is 0 Å². The van der Waals surface area contributed by atoms with Crippen molar-refractivity contribution in [1.29, 1.82) is 0 Å². The van der Waals surface area contributed by atoms with Gasteiger partial charge in [0.1, 0.15) is 4.90 Å². The number of rotatable bonds is 7. The zero-order valence-electron chi connectivity index (χ0n) is 9.90. The number of halogens is 2. The van der Waals surface area contributed by atoms with E-state index in [-0.39, 0.29) is 47.0 Å². The van der Waals surface area contributed by atoms with E-state index in [1.54, 1.807) is 0 Å². The Kier molecular flexibility index (Phi) is 6.31. The normalized spacial score (nSPS) is 11.7. The highest BCUT2D eigenvalue weighted by molar-refractivity contribution is 7.89. The first-order valence-corrected chi connectivity index (χ1v) is 7.55. The van der Waals surface area contributed by atoms with Crippen LogP contribution in [0.15, 0.2) is 17.0 Å². The monoisotopic (exact) mass is 328 g/mol. The molecule has 0 fully saturated rings. The molecule has 6 nitrogen and oxygen atoms in total. The minimum atomic E-state index is -3.83. The minimum Gasteiger partial charge on any atom is -0.398 e. The maximum Gasteiger partial charge on any atom is 0.244 e. The summed E-state index contributed by atoms with van der Waals surface area (Å²) in [5.41, 5.74) is 5.58. The number of aliphatic hydroxyl groups is 1. The maximum absolute atomic E-state index is 12.0. The van der Waals surface area contributed by atoms with Gasteiger partial charge in [0, 0.05) is 11.6 Å². The van der Waals surface area contributed by atoms with Gasteiger partial charge in [-0.2, -0.15) is 0 Å². The number of hydrogen-bond donors (Lipinski definition) is 3. The van der Waals surface area contributed by atoms with Gasteiger partial charge >= 0.3 is 0 Å². The summed E-state index contributed by atoms with van der Waals surface area (Å²) in [5.74, 6) is 0. The van der Waals surface area contributed by atoms with Crippen LogP contribution in [-0.2, 0) is 14.8 Å². The highest BCUT2D eigenvalue weighted by atomic mass is 35.5. The Morgan fingerprint density at radius 3 is 2.58 bits per heavy atom. The number of nitrogens with two attached hydrogens (primary N) is 1. The van der Waals surface area contributed by atoms with E-state index in [0.29, 0.717) is 0 Å². The molecule has 1 aromatic rings. The molecular formula is C10H14Cl2N2O4S. The topological polar surface area (TPSA) is 102 Å². The Labute approximate surface area is 121 Å². The van der Waals surface area contributed by atoms with Crippen LogP contribution in [-0.4, -0.2) is 39.9 Å². The molecule has 0 atom stereocenters. The van der Waals surface area contributed by atoms with E-state index in [9.17, 15) is 8.42 Å². The molecule has 108 valence electrons. The molecule has 19 heavy (non-hydrogen) atoms. The van der Waals surface area contributed by atoms with Crippen molar-refractivity contribution < 1.29 is 18.3 Å². The Balaban J connectivity index is 2.78. The average molecular weight is 329 g/mol. The van der Waals surface area contributed by atoms with Crippen molar-refractivity contribution in [3.05, 3.63) is 22.2 Å². The Bertz CT molecular complexity index is 513. The van der Waals surface area contributed by atoms with E-state index in [2.05, 4.69) is 4.72 Å². The zero-order valence-corrected chi connectivity index (χ0v) is 12.2. The number of hydrogen-bond acceptors (Lipinski definition) is 5. The average Bonchev–Trinajstić information content (AvgIpc) is 2.26. The lowest BCUT2D eigenvalue weighted by Crippen LogP contribution is -2.28. The fraction of sp³-hybridized carbons (Fsp3) is 0.400. The van der Waals surface area contributed by atoms with Gasteiger partial charge < -0.3 is 15.6 Å². The summed E-state index contributed by atoms with van der Waals surface area (Å²) in [6.45, 7) is 0.194.